The first-order chi connectivity index (χ1) is 6.81. The van der Waals surface area contributed by atoms with E-state index in [2.05, 4.69) is 0 Å². The van der Waals surface area contributed by atoms with E-state index >= 15 is 0 Å². The van der Waals surface area contributed by atoms with Crippen LogP contribution in [-0.2, 0) is 0 Å². The van der Waals surface area contributed by atoms with Crippen molar-refractivity contribution in [3.8, 4) is 0 Å². The molecule has 0 saturated carbocycles. The van der Waals surface area contributed by atoms with Crippen LogP contribution < -0.4 is 0 Å². The van der Waals surface area contributed by atoms with Crippen LogP contribution >= 0.6 is 0 Å². The van der Waals surface area contributed by atoms with Crippen LogP contribution in [0.3, 0.4) is 0 Å². The van der Waals surface area contributed by atoms with Crippen LogP contribution in [0.2, 0.25) is 0 Å². The maximum absolute atomic E-state index is 8.36. The van der Waals surface area contributed by atoms with E-state index in [0.717, 1.165) is 19.3 Å². The van der Waals surface area contributed by atoms with Crippen molar-refractivity contribution in [2.24, 2.45) is 0 Å². The molecule has 3 unspecified atom stereocenters. The van der Waals surface area contributed by atoms with Gasteiger partial charge < -0.3 is 15.3 Å². The molecule has 3 radical (unpaired) electrons. The molecule has 0 aliphatic carbocycles. The summed E-state index contributed by atoms with van der Waals surface area (Å²) in [5, 5.41) is 25.1. The van der Waals surface area contributed by atoms with E-state index < -0.39 is 0 Å². The summed E-state index contributed by atoms with van der Waals surface area (Å²) in [7, 11) is 0. The minimum atomic E-state index is -0.116. The third-order valence-corrected chi connectivity index (χ3v) is 1.77. The predicted octanol–water partition coefficient (Wildman–Crippen LogP) is 1.95. The standard InChI is InChI=1S/3C4H10O.Al/c3*1-3-4(2)5;/h3*4-5H,3H2,1-2H3;. The van der Waals surface area contributed by atoms with Gasteiger partial charge in [-0.3, -0.25) is 0 Å². The molecule has 0 spiro atoms. The predicted molar refractivity (Wildman–Crippen MR) is 71.7 cm³/mol. The highest BCUT2D eigenvalue weighted by atomic mass is 27.0. The van der Waals surface area contributed by atoms with Gasteiger partial charge in [-0.15, -0.1) is 0 Å². The van der Waals surface area contributed by atoms with Crippen LogP contribution in [-0.4, -0.2) is 51.0 Å². The van der Waals surface area contributed by atoms with Crippen LogP contribution in [0.25, 0.3) is 0 Å². The van der Waals surface area contributed by atoms with Crippen LogP contribution in [0.1, 0.15) is 60.8 Å². The van der Waals surface area contributed by atoms with Gasteiger partial charge in [0.2, 0.25) is 0 Å². The van der Waals surface area contributed by atoms with Gasteiger partial charge in [-0.25, -0.2) is 0 Å². The maximum atomic E-state index is 8.36. The van der Waals surface area contributed by atoms with Crippen molar-refractivity contribution in [3.05, 3.63) is 0 Å². The zero-order valence-electron chi connectivity index (χ0n) is 11.8. The summed E-state index contributed by atoms with van der Waals surface area (Å²) in [6, 6.07) is 0. The molecular formula is C12H30AlO3. The van der Waals surface area contributed by atoms with Crippen molar-refractivity contribution >= 4 is 17.4 Å². The second-order valence-corrected chi connectivity index (χ2v) is 3.77. The average Bonchev–Trinajstić information content (AvgIpc) is 2.19. The molecule has 0 aromatic rings. The lowest BCUT2D eigenvalue weighted by molar-refractivity contribution is 0.190. The molecule has 0 aliphatic rings. The van der Waals surface area contributed by atoms with Crippen molar-refractivity contribution < 1.29 is 15.3 Å². The van der Waals surface area contributed by atoms with Crippen molar-refractivity contribution in [1.82, 2.24) is 0 Å². The molecule has 0 fully saturated rings. The highest BCUT2D eigenvalue weighted by molar-refractivity contribution is 5.75. The zero-order chi connectivity index (χ0) is 12.9. The smallest absolute Gasteiger partial charge is 0.0509 e. The molecule has 3 atom stereocenters. The van der Waals surface area contributed by atoms with E-state index in [1.165, 1.54) is 0 Å². The van der Waals surface area contributed by atoms with Crippen LogP contribution in [0.4, 0.5) is 0 Å². The molecule has 0 aromatic heterocycles. The third-order valence-electron chi connectivity index (χ3n) is 1.77. The van der Waals surface area contributed by atoms with Crippen molar-refractivity contribution in [3.63, 3.8) is 0 Å². The van der Waals surface area contributed by atoms with Gasteiger partial charge in [0.15, 0.2) is 0 Å². The number of hydrogen-bond donors (Lipinski definition) is 3. The quantitative estimate of drug-likeness (QED) is 0.670. The lowest BCUT2D eigenvalue weighted by atomic mass is 10.3. The van der Waals surface area contributed by atoms with Gasteiger partial charge in [0.1, 0.15) is 0 Å². The summed E-state index contributed by atoms with van der Waals surface area (Å²) in [4.78, 5) is 0. The number of aliphatic hydroxyl groups excluding tert-OH is 3. The molecule has 0 heterocycles. The summed E-state index contributed by atoms with van der Waals surface area (Å²) in [5.74, 6) is 0. The molecule has 0 aromatic carbocycles. The SMILES string of the molecule is CCC(C)O.CCC(C)O.CCC(C)O.[Al]. The molecule has 3 nitrogen and oxygen atoms in total. The first kappa shape index (κ1) is 25.3. The van der Waals surface area contributed by atoms with E-state index in [4.69, 9.17) is 15.3 Å². The monoisotopic (exact) mass is 249 g/mol. The van der Waals surface area contributed by atoms with E-state index in [0.29, 0.717) is 0 Å². The Morgan fingerprint density at radius 3 is 0.688 bits per heavy atom. The molecular weight excluding hydrogens is 219 g/mol. The number of aliphatic hydroxyl groups is 3. The van der Waals surface area contributed by atoms with Gasteiger partial charge in [0, 0.05) is 17.4 Å². The minimum Gasteiger partial charge on any atom is -0.393 e. The molecule has 16 heavy (non-hydrogen) atoms. The largest absolute Gasteiger partial charge is 0.393 e. The topological polar surface area (TPSA) is 60.7 Å². The zero-order valence-corrected chi connectivity index (χ0v) is 12.9. The first-order valence-electron chi connectivity index (χ1n) is 5.85. The second kappa shape index (κ2) is 20.8. The van der Waals surface area contributed by atoms with Gasteiger partial charge in [-0.2, -0.15) is 0 Å². The Labute approximate surface area is 112 Å². The Morgan fingerprint density at radius 1 is 0.625 bits per heavy atom. The highest BCUT2D eigenvalue weighted by Crippen LogP contribution is 1.82. The van der Waals surface area contributed by atoms with E-state index in [1.807, 2.05) is 20.8 Å². The molecule has 99 valence electrons. The van der Waals surface area contributed by atoms with Gasteiger partial charge in [0.05, 0.1) is 18.3 Å². The third kappa shape index (κ3) is 63.1. The highest BCUT2D eigenvalue weighted by Gasteiger charge is 1.82. The second-order valence-electron chi connectivity index (χ2n) is 3.77. The summed E-state index contributed by atoms with van der Waals surface area (Å²) < 4.78 is 0. The fraction of sp³-hybridized carbons (Fsp3) is 1.00. The van der Waals surface area contributed by atoms with Crippen molar-refractivity contribution in [2.45, 2.75) is 79.1 Å². The number of hydrogen-bond acceptors (Lipinski definition) is 3. The Hall–Kier alpha value is 0.412. The fourth-order valence-electron chi connectivity index (χ4n) is 0. The van der Waals surface area contributed by atoms with E-state index in [-0.39, 0.29) is 35.7 Å². The molecule has 0 saturated heterocycles. The Morgan fingerprint density at radius 2 is 0.688 bits per heavy atom. The molecule has 0 rings (SSSR count). The lowest BCUT2D eigenvalue weighted by Crippen LogP contribution is -1.93. The first-order valence-corrected chi connectivity index (χ1v) is 5.85. The van der Waals surface area contributed by atoms with Crippen LogP contribution in [0.15, 0.2) is 0 Å². The Balaban J connectivity index is -0.0000000655. The van der Waals surface area contributed by atoms with Crippen LogP contribution in [0, 0.1) is 0 Å². The summed E-state index contributed by atoms with van der Waals surface area (Å²) in [6.45, 7) is 11.2. The summed E-state index contributed by atoms with van der Waals surface area (Å²) in [5.41, 5.74) is 0. The fourth-order valence-corrected chi connectivity index (χ4v) is 0. The Bertz CT molecular complexity index is 77.2. The molecule has 0 aliphatic heterocycles. The molecule has 4 heteroatoms. The van der Waals surface area contributed by atoms with Crippen molar-refractivity contribution in [2.75, 3.05) is 0 Å². The van der Waals surface area contributed by atoms with E-state index in [9.17, 15) is 0 Å². The van der Waals surface area contributed by atoms with Gasteiger partial charge in [-0.1, -0.05) is 20.8 Å². The number of rotatable bonds is 3. The normalized spacial score (nSPS) is 14.1. The van der Waals surface area contributed by atoms with E-state index in [1.54, 1.807) is 20.8 Å². The van der Waals surface area contributed by atoms with Gasteiger partial charge in [0.25, 0.3) is 0 Å². The van der Waals surface area contributed by atoms with Gasteiger partial charge in [-0.05, 0) is 40.0 Å². The maximum Gasteiger partial charge on any atom is 0.0509 e. The Kier molecular flexibility index (Phi) is 32.9. The molecule has 0 bridgehead atoms. The summed E-state index contributed by atoms with van der Waals surface area (Å²) >= 11 is 0. The lowest BCUT2D eigenvalue weighted by Gasteiger charge is -1.90. The van der Waals surface area contributed by atoms with Crippen molar-refractivity contribution in [1.29, 1.82) is 0 Å². The summed E-state index contributed by atoms with van der Waals surface area (Å²) in [6.07, 6.45) is 2.24. The molecule has 0 amide bonds. The van der Waals surface area contributed by atoms with Crippen LogP contribution in [0.5, 0.6) is 0 Å². The minimum absolute atomic E-state index is 0. The molecule has 3 N–H and O–H groups in total. The van der Waals surface area contributed by atoms with Gasteiger partial charge >= 0.3 is 0 Å². The average molecular weight is 249 g/mol.